The minimum absolute atomic E-state index is 0.215. The lowest BCUT2D eigenvalue weighted by Crippen LogP contribution is -2.22. The smallest absolute Gasteiger partial charge is 0.139 e. The van der Waals surface area contributed by atoms with Crippen LogP contribution in [-0.4, -0.2) is 19.0 Å². The van der Waals surface area contributed by atoms with Crippen molar-refractivity contribution in [2.24, 2.45) is 17.3 Å². The van der Waals surface area contributed by atoms with Crippen molar-refractivity contribution in [1.29, 1.82) is 0 Å². The van der Waals surface area contributed by atoms with Gasteiger partial charge in [-0.1, -0.05) is 13.8 Å². The van der Waals surface area contributed by atoms with E-state index >= 15 is 0 Å². The third-order valence-corrected chi connectivity index (χ3v) is 3.59. The van der Waals surface area contributed by atoms with Gasteiger partial charge in [0.25, 0.3) is 0 Å². The number of hydrogen-bond acceptors (Lipinski definition) is 2. The summed E-state index contributed by atoms with van der Waals surface area (Å²) in [6, 6.07) is 0. The van der Waals surface area contributed by atoms with Crippen LogP contribution in [0.2, 0.25) is 0 Å². The molecule has 13 heavy (non-hydrogen) atoms. The summed E-state index contributed by atoms with van der Waals surface area (Å²) in [5.41, 5.74) is 0.375. The summed E-state index contributed by atoms with van der Waals surface area (Å²) in [7, 11) is 0. The molecule has 1 saturated heterocycles. The topological polar surface area (TPSA) is 26.3 Å². The molecule has 0 aromatic heterocycles. The van der Waals surface area contributed by atoms with Crippen LogP contribution in [0.5, 0.6) is 0 Å². The van der Waals surface area contributed by atoms with Crippen LogP contribution in [0.15, 0.2) is 0 Å². The Kier molecular flexibility index (Phi) is 2.18. The number of carbonyl (C=O) groups excluding carboxylic acids is 1. The first-order chi connectivity index (χ1) is 6.16. The molecule has 1 aliphatic carbocycles. The van der Waals surface area contributed by atoms with Gasteiger partial charge in [0.05, 0.1) is 0 Å². The number of carbonyl (C=O) groups is 1. The lowest BCUT2D eigenvalue weighted by atomic mass is 9.90. The Balaban J connectivity index is 1.96. The minimum atomic E-state index is 0.215. The highest BCUT2D eigenvalue weighted by Gasteiger charge is 2.57. The Morgan fingerprint density at radius 1 is 1.38 bits per heavy atom. The van der Waals surface area contributed by atoms with E-state index in [4.69, 9.17) is 4.74 Å². The van der Waals surface area contributed by atoms with Crippen LogP contribution in [-0.2, 0) is 9.53 Å². The minimum Gasteiger partial charge on any atom is -0.381 e. The van der Waals surface area contributed by atoms with Crippen molar-refractivity contribution in [1.82, 2.24) is 0 Å². The van der Waals surface area contributed by atoms with Gasteiger partial charge in [0.15, 0.2) is 0 Å². The van der Waals surface area contributed by atoms with Crippen molar-refractivity contribution in [3.8, 4) is 0 Å². The molecule has 2 fully saturated rings. The third-order valence-electron chi connectivity index (χ3n) is 3.59. The zero-order chi connectivity index (χ0) is 9.47. The summed E-state index contributed by atoms with van der Waals surface area (Å²) in [5, 5.41) is 0. The molecule has 0 aromatic carbocycles. The number of ether oxygens (including phenoxy) is 1. The fourth-order valence-corrected chi connectivity index (χ4v) is 2.48. The summed E-state index contributed by atoms with van der Waals surface area (Å²) in [4.78, 5) is 11.7. The number of rotatable bonds is 2. The highest BCUT2D eigenvalue weighted by molar-refractivity contribution is 5.86. The quantitative estimate of drug-likeness (QED) is 0.653. The van der Waals surface area contributed by atoms with E-state index in [0.29, 0.717) is 17.1 Å². The van der Waals surface area contributed by atoms with Gasteiger partial charge < -0.3 is 4.74 Å². The largest absolute Gasteiger partial charge is 0.381 e. The van der Waals surface area contributed by atoms with E-state index in [-0.39, 0.29) is 5.92 Å². The van der Waals surface area contributed by atoms with Crippen LogP contribution in [0.25, 0.3) is 0 Å². The van der Waals surface area contributed by atoms with Gasteiger partial charge in [0, 0.05) is 25.0 Å². The highest BCUT2D eigenvalue weighted by atomic mass is 16.5. The molecule has 0 radical (unpaired) electrons. The van der Waals surface area contributed by atoms with Gasteiger partial charge in [-0.25, -0.2) is 0 Å². The number of hydrogen-bond donors (Lipinski definition) is 0. The maximum atomic E-state index is 11.7. The van der Waals surface area contributed by atoms with Crippen molar-refractivity contribution < 1.29 is 9.53 Å². The zero-order valence-electron chi connectivity index (χ0n) is 8.51. The van der Waals surface area contributed by atoms with E-state index in [1.165, 1.54) is 0 Å². The zero-order valence-corrected chi connectivity index (χ0v) is 8.51. The molecule has 2 aliphatic rings. The Bertz CT molecular complexity index is 214. The Hall–Kier alpha value is -0.370. The molecular weight excluding hydrogens is 164 g/mol. The summed E-state index contributed by atoms with van der Waals surface area (Å²) in [6.07, 6.45) is 3.35. The molecule has 2 rings (SSSR count). The predicted octanol–water partition coefficient (Wildman–Crippen LogP) is 2.03. The Morgan fingerprint density at radius 2 is 2.00 bits per heavy atom. The molecule has 1 unspecified atom stereocenters. The molecule has 1 aliphatic heterocycles. The van der Waals surface area contributed by atoms with E-state index in [1.807, 2.05) is 13.8 Å². The summed E-state index contributed by atoms with van der Waals surface area (Å²) in [6.45, 7) is 5.74. The molecule has 0 N–H and O–H groups in total. The molecular formula is C11H18O2. The van der Waals surface area contributed by atoms with Crippen LogP contribution in [0.4, 0.5) is 0 Å². The Labute approximate surface area is 79.7 Å². The van der Waals surface area contributed by atoms with Crippen molar-refractivity contribution >= 4 is 5.78 Å². The highest BCUT2D eigenvalue weighted by Crippen LogP contribution is 2.60. The number of ketones is 1. The standard InChI is InChI=1S/C11H18O2/c1-8(2)10(12)9-7-11(9)3-5-13-6-4-11/h8-9H,3-7H2,1-2H3. The molecule has 0 aromatic rings. The van der Waals surface area contributed by atoms with Gasteiger partial charge in [-0.15, -0.1) is 0 Å². The third kappa shape index (κ3) is 1.52. The fourth-order valence-electron chi connectivity index (χ4n) is 2.48. The molecule has 1 saturated carbocycles. The van der Waals surface area contributed by atoms with Crippen LogP contribution < -0.4 is 0 Å². The first-order valence-electron chi connectivity index (χ1n) is 5.27. The lowest BCUT2D eigenvalue weighted by Gasteiger charge is -2.22. The first-order valence-corrected chi connectivity index (χ1v) is 5.27. The monoisotopic (exact) mass is 182 g/mol. The van der Waals surface area contributed by atoms with Gasteiger partial charge in [-0.05, 0) is 24.7 Å². The Morgan fingerprint density at radius 3 is 2.54 bits per heavy atom. The average Bonchev–Trinajstić information content (AvgIpc) is 2.79. The number of Topliss-reactive ketones (excluding diaryl/α,β-unsaturated/α-hetero) is 1. The van der Waals surface area contributed by atoms with Gasteiger partial charge in [0.2, 0.25) is 0 Å². The van der Waals surface area contributed by atoms with Crippen LogP contribution in [0, 0.1) is 17.3 Å². The lowest BCUT2D eigenvalue weighted by molar-refractivity contribution is -0.124. The molecule has 2 nitrogen and oxygen atoms in total. The van der Waals surface area contributed by atoms with E-state index in [1.54, 1.807) is 0 Å². The van der Waals surface area contributed by atoms with Gasteiger partial charge >= 0.3 is 0 Å². The van der Waals surface area contributed by atoms with Crippen LogP contribution in [0.3, 0.4) is 0 Å². The molecule has 0 amide bonds. The normalized spacial score (nSPS) is 30.8. The van der Waals surface area contributed by atoms with Gasteiger partial charge in [-0.2, -0.15) is 0 Å². The van der Waals surface area contributed by atoms with Gasteiger partial charge in [0.1, 0.15) is 5.78 Å². The van der Waals surface area contributed by atoms with Crippen molar-refractivity contribution in [2.45, 2.75) is 33.1 Å². The SMILES string of the molecule is CC(C)C(=O)C1CC12CCOCC2. The average molecular weight is 182 g/mol. The second-order valence-electron chi connectivity index (χ2n) is 4.79. The predicted molar refractivity (Wildman–Crippen MR) is 50.4 cm³/mol. The molecule has 1 atom stereocenters. The summed E-state index contributed by atoms with van der Waals surface area (Å²) >= 11 is 0. The van der Waals surface area contributed by atoms with Crippen molar-refractivity contribution in [3.05, 3.63) is 0 Å². The molecule has 0 bridgehead atoms. The molecule has 1 spiro atoms. The summed E-state index contributed by atoms with van der Waals surface area (Å²) < 4.78 is 5.32. The first kappa shape index (κ1) is 9.20. The van der Waals surface area contributed by atoms with Crippen LogP contribution >= 0.6 is 0 Å². The molecule has 1 heterocycles. The maximum Gasteiger partial charge on any atom is 0.139 e. The van der Waals surface area contributed by atoms with Gasteiger partial charge in [-0.3, -0.25) is 4.79 Å². The van der Waals surface area contributed by atoms with Crippen LogP contribution in [0.1, 0.15) is 33.1 Å². The second-order valence-corrected chi connectivity index (χ2v) is 4.79. The van der Waals surface area contributed by atoms with E-state index in [9.17, 15) is 4.79 Å². The fraction of sp³-hybridized carbons (Fsp3) is 0.909. The second kappa shape index (κ2) is 3.09. The summed E-state index contributed by atoms with van der Waals surface area (Å²) in [5.74, 6) is 1.06. The van der Waals surface area contributed by atoms with Crippen molar-refractivity contribution in [3.63, 3.8) is 0 Å². The molecule has 2 heteroatoms. The van der Waals surface area contributed by atoms with Crippen molar-refractivity contribution in [2.75, 3.05) is 13.2 Å². The molecule has 74 valence electrons. The maximum absolute atomic E-state index is 11.7. The van der Waals surface area contributed by atoms with E-state index < -0.39 is 0 Å². The van der Waals surface area contributed by atoms with E-state index in [0.717, 1.165) is 32.5 Å². The van der Waals surface area contributed by atoms with E-state index in [2.05, 4.69) is 0 Å².